The zero-order chi connectivity index (χ0) is 25.8. The van der Waals surface area contributed by atoms with E-state index in [0.717, 1.165) is 0 Å². The van der Waals surface area contributed by atoms with Gasteiger partial charge in [-0.2, -0.15) is 0 Å². The van der Waals surface area contributed by atoms with E-state index in [-0.39, 0.29) is 6.54 Å². The lowest BCUT2D eigenvalue weighted by Gasteiger charge is -2.28. The zero-order valence-electron chi connectivity index (χ0n) is 18.3. The minimum Gasteiger partial charge on any atom is -0.479 e. The summed E-state index contributed by atoms with van der Waals surface area (Å²) in [5, 5.41) is 27.1. The van der Waals surface area contributed by atoms with Crippen LogP contribution in [0.2, 0.25) is 0 Å². The lowest BCUT2D eigenvalue weighted by atomic mass is 9.94. The van der Waals surface area contributed by atoms with Gasteiger partial charge in [0, 0.05) is 0 Å². The highest BCUT2D eigenvalue weighted by Crippen LogP contribution is 2.15. The van der Waals surface area contributed by atoms with Gasteiger partial charge in [-0.15, -0.1) is 11.8 Å². The van der Waals surface area contributed by atoms with Crippen molar-refractivity contribution in [1.82, 2.24) is 32.1 Å². The fraction of sp³-hybridized carbons (Fsp3) is 0.625. The fourth-order valence-corrected chi connectivity index (χ4v) is 2.53. The summed E-state index contributed by atoms with van der Waals surface area (Å²) in [4.78, 5) is 71.4. The van der Waals surface area contributed by atoms with Gasteiger partial charge in [-0.3, -0.25) is 29.4 Å². The Morgan fingerprint density at radius 2 is 1.64 bits per heavy atom. The first-order valence-corrected chi connectivity index (χ1v) is 10.6. The van der Waals surface area contributed by atoms with E-state index in [1.54, 1.807) is 0 Å². The van der Waals surface area contributed by atoms with Crippen molar-refractivity contribution in [2.24, 2.45) is 5.73 Å². The number of amides is 5. The lowest BCUT2D eigenvalue weighted by molar-refractivity contribution is -0.141. The number of aliphatic carboxylic acids is 1. The predicted molar refractivity (Wildman–Crippen MR) is 117 cm³/mol. The Hall–Kier alpha value is -2.89. The summed E-state index contributed by atoms with van der Waals surface area (Å²) in [5.41, 5.74) is 10.1. The summed E-state index contributed by atoms with van der Waals surface area (Å²) in [7, 11) is 7.08. The molecule has 0 aromatic rings. The van der Waals surface area contributed by atoms with Crippen LogP contribution < -0.4 is 37.9 Å². The van der Waals surface area contributed by atoms with Crippen LogP contribution in [0.5, 0.6) is 0 Å². The Morgan fingerprint density at radius 1 is 1.03 bits per heavy atom. The maximum absolute atomic E-state index is 12.4. The Bertz CT molecular complexity index is 758. The molecule has 0 bridgehead atoms. The Kier molecular flexibility index (Phi) is 13.1. The van der Waals surface area contributed by atoms with Gasteiger partial charge >= 0.3 is 5.97 Å². The van der Waals surface area contributed by atoms with E-state index < -0.39 is 71.4 Å². The maximum Gasteiger partial charge on any atom is 0.329 e. The number of hydrazine groups is 1. The first-order chi connectivity index (χ1) is 15.3. The number of primary amides is 1. The predicted octanol–water partition coefficient (Wildman–Crippen LogP) is -5.56. The molecule has 3 unspecified atom stereocenters. The number of carbonyl (C=O) groups excluding carboxylic acids is 5. The van der Waals surface area contributed by atoms with Gasteiger partial charge < -0.3 is 37.2 Å². The average molecular weight is 489 g/mol. The van der Waals surface area contributed by atoms with Crippen molar-refractivity contribution in [1.29, 1.82) is 0 Å². The second kappa shape index (κ2) is 14.3. The van der Waals surface area contributed by atoms with Crippen LogP contribution in [0.1, 0.15) is 13.3 Å². The van der Waals surface area contributed by atoms with Gasteiger partial charge in [-0.05, 0) is 20.2 Å². The fourth-order valence-electron chi connectivity index (χ4n) is 2.16. The van der Waals surface area contributed by atoms with Crippen molar-refractivity contribution < 1.29 is 39.0 Å². The molecule has 2 radical (unpaired) electrons. The highest BCUT2D eigenvalue weighted by atomic mass is 32.2. The Labute approximate surface area is 195 Å². The van der Waals surface area contributed by atoms with Crippen molar-refractivity contribution in [3.05, 3.63) is 0 Å². The Balaban J connectivity index is 5.19. The summed E-state index contributed by atoms with van der Waals surface area (Å²) in [5.74, 6) is -6.11. The van der Waals surface area contributed by atoms with Gasteiger partial charge in [0.25, 0.3) is 0 Å². The molecule has 0 aromatic carbocycles. The monoisotopic (exact) mass is 489 g/mol. The van der Waals surface area contributed by atoms with Gasteiger partial charge in [0.2, 0.25) is 29.5 Å². The summed E-state index contributed by atoms with van der Waals surface area (Å²) < 4.78 is -2.23. The molecule has 0 saturated heterocycles. The van der Waals surface area contributed by atoms with Crippen LogP contribution in [0, 0.1) is 0 Å². The summed E-state index contributed by atoms with van der Waals surface area (Å²) in [6.07, 6.45) is 0.634. The molecule has 0 rings (SSSR count). The number of aliphatic hydroxyl groups excluding tert-OH is 1. The highest BCUT2D eigenvalue weighted by molar-refractivity contribution is 8.01. The highest BCUT2D eigenvalue weighted by Gasteiger charge is 2.36. The van der Waals surface area contributed by atoms with E-state index in [0.29, 0.717) is 11.8 Å². The van der Waals surface area contributed by atoms with E-state index in [2.05, 4.69) is 26.8 Å². The van der Waals surface area contributed by atoms with Crippen LogP contribution in [0.15, 0.2) is 0 Å². The largest absolute Gasteiger partial charge is 0.479 e. The molecule has 33 heavy (non-hydrogen) atoms. The van der Waals surface area contributed by atoms with Crippen molar-refractivity contribution in [2.45, 2.75) is 36.2 Å². The number of carboxylic acid groups (broad SMARTS) is 1. The molecule has 0 saturated carbocycles. The third-order valence-corrected chi connectivity index (χ3v) is 4.92. The third-order valence-electron chi connectivity index (χ3n) is 4.00. The molecule has 5 amide bonds. The van der Waals surface area contributed by atoms with Crippen molar-refractivity contribution in [2.75, 3.05) is 26.5 Å². The number of nitrogens with two attached hydrogens (primary N) is 1. The number of carboxylic acids is 1. The molecule has 15 nitrogen and oxygen atoms in total. The minimum absolute atomic E-state index is 0.199. The molecule has 4 atom stereocenters. The number of hydrogen-bond donors (Lipinski definition) is 9. The molecular weight excluding hydrogens is 461 g/mol. The number of aliphatic hydroxyl groups is 1. The smallest absolute Gasteiger partial charge is 0.329 e. The quantitative estimate of drug-likeness (QED) is 0.0597. The molecule has 0 aliphatic rings. The summed E-state index contributed by atoms with van der Waals surface area (Å²) in [6.45, 7) is 0.271. The standard InChI is InChI=1S/C16H28BN7O8S/c1-7(21-13(29)9(6-25)22-11(27)5-20-19-2)12(28)23-8(4-10(18)26)14(30)24-16(17,33-3)15(31)32/h7-9,19-20,25H,4-6H2,1-3H3,(H2,18,26)(H,21,29)(H,22,27)(H,23,28)(H,24,30)(H,31,32)/t7?,8-,9?,16?/m0/s1. The second-order valence-electron chi connectivity index (χ2n) is 6.60. The topological polar surface area (TPSA) is 241 Å². The number of rotatable bonds is 15. The van der Waals surface area contributed by atoms with Crippen molar-refractivity contribution >= 4 is 55.1 Å². The van der Waals surface area contributed by atoms with Crippen molar-refractivity contribution in [3.8, 4) is 0 Å². The second-order valence-corrected chi connectivity index (χ2v) is 7.65. The first kappa shape index (κ1) is 30.1. The molecule has 184 valence electrons. The normalized spacial score (nSPS) is 15.2. The molecule has 10 N–H and O–H groups in total. The van der Waals surface area contributed by atoms with Crippen LogP contribution in [0.25, 0.3) is 0 Å². The number of thioether (sulfide) groups is 1. The molecule has 0 fully saturated rings. The molecule has 17 heteroatoms. The Morgan fingerprint density at radius 3 is 2.09 bits per heavy atom. The first-order valence-electron chi connectivity index (χ1n) is 9.39. The number of nitrogens with one attached hydrogen (secondary N) is 6. The summed E-state index contributed by atoms with van der Waals surface area (Å²) in [6, 6.07) is -4.25. The molecule has 0 aromatic heterocycles. The van der Waals surface area contributed by atoms with Crippen LogP contribution in [-0.4, -0.2) is 103 Å². The van der Waals surface area contributed by atoms with Crippen LogP contribution in [-0.2, 0) is 28.8 Å². The van der Waals surface area contributed by atoms with Crippen LogP contribution in [0.3, 0.4) is 0 Å². The van der Waals surface area contributed by atoms with Gasteiger partial charge in [0.15, 0.2) is 0 Å². The van der Waals surface area contributed by atoms with E-state index in [1.807, 2.05) is 5.32 Å². The number of carbonyl (C=O) groups is 6. The van der Waals surface area contributed by atoms with Gasteiger partial charge in [-0.25, -0.2) is 10.2 Å². The van der Waals surface area contributed by atoms with Crippen LogP contribution in [0.4, 0.5) is 0 Å². The third kappa shape index (κ3) is 10.5. The van der Waals surface area contributed by atoms with Gasteiger partial charge in [0.05, 0.1) is 19.6 Å². The molecule has 0 aliphatic carbocycles. The van der Waals surface area contributed by atoms with Gasteiger partial charge in [0.1, 0.15) is 30.7 Å². The maximum atomic E-state index is 12.4. The number of hydrogen-bond acceptors (Lipinski definition) is 10. The SMILES string of the molecule is [B]C(NC(=O)[C@H](CC(N)=O)NC(=O)C(C)NC(=O)C(CO)NC(=O)CNNC)(SC)C(=O)O. The van der Waals surface area contributed by atoms with Crippen molar-refractivity contribution in [3.63, 3.8) is 0 Å². The van der Waals surface area contributed by atoms with E-state index >= 15 is 0 Å². The average Bonchev–Trinajstić information content (AvgIpc) is 2.74. The van der Waals surface area contributed by atoms with E-state index in [9.17, 15) is 33.9 Å². The minimum atomic E-state index is -2.23. The molecule has 0 aliphatic heterocycles. The van der Waals surface area contributed by atoms with Crippen LogP contribution >= 0.6 is 11.8 Å². The lowest BCUT2D eigenvalue weighted by Crippen LogP contribution is -2.60. The zero-order valence-corrected chi connectivity index (χ0v) is 19.1. The molecule has 0 spiro atoms. The molecule has 0 heterocycles. The van der Waals surface area contributed by atoms with E-state index in [1.165, 1.54) is 20.2 Å². The van der Waals surface area contributed by atoms with Gasteiger partial charge in [-0.1, -0.05) is 0 Å². The molecular formula is C16H28BN7O8S. The summed E-state index contributed by atoms with van der Waals surface area (Å²) >= 11 is 0.588. The van der Waals surface area contributed by atoms with E-state index in [4.69, 9.17) is 18.7 Å².